The molecule has 2 bridgehead atoms. The minimum absolute atomic E-state index is 0.0315. The van der Waals surface area contributed by atoms with Crippen molar-refractivity contribution < 1.29 is 14.7 Å². The highest BCUT2D eigenvalue weighted by Gasteiger charge is 2.68. The van der Waals surface area contributed by atoms with Gasteiger partial charge in [-0.15, -0.1) is 5.16 Å². The number of nitrogens with zero attached hydrogens (tertiary/aromatic N) is 1. The zero-order chi connectivity index (χ0) is 12.0. The smallest absolute Gasteiger partial charge is 0.408 e. The Kier molecular flexibility index (Phi) is 2.19. The van der Waals surface area contributed by atoms with E-state index >= 15 is 0 Å². The van der Waals surface area contributed by atoms with Gasteiger partial charge in [-0.1, -0.05) is 0 Å². The standard InChI is InChI=1S/C11H18N2O3/c1-9(2,3)16-8(14)13-11-4-10(5-11,6-11)7-12-15/h7,15H,4-6H2,1-3H3,(H,13,14). The predicted molar refractivity (Wildman–Crippen MR) is 58.7 cm³/mol. The molecule has 3 aliphatic carbocycles. The fraction of sp³-hybridized carbons (Fsp3) is 0.818. The third kappa shape index (κ3) is 1.86. The van der Waals surface area contributed by atoms with Gasteiger partial charge in [0, 0.05) is 17.2 Å². The van der Waals surface area contributed by atoms with E-state index in [0.717, 1.165) is 19.3 Å². The molecule has 90 valence electrons. The van der Waals surface area contributed by atoms with Gasteiger partial charge in [-0.3, -0.25) is 0 Å². The highest BCUT2D eigenvalue weighted by molar-refractivity contribution is 5.76. The van der Waals surface area contributed by atoms with Crippen LogP contribution >= 0.6 is 0 Å². The van der Waals surface area contributed by atoms with E-state index in [9.17, 15) is 4.79 Å². The van der Waals surface area contributed by atoms with E-state index in [2.05, 4.69) is 10.5 Å². The van der Waals surface area contributed by atoms with Crippen LogP contribution in [0, 0.1) is 5.41 Å². The van der Waals surface area contributed by atoms with Gasteiger partial charge >= 0.3 is 6.09 Å². The van der Waals surface area contributed by atoms with Crippen molar-refractivity contribution in [2.24, 2.45) is 10.6 Å². The SMILES string of the molecule is CC(C)(C)OC(=O)NC12CC(C=NO)(C1)C2. The van der Waals surface area contributed by atoms with Gasteiger partial charge in [-0.05, 0) is 40.0 Å². The first-order valence-corrected chi connectivity index (χ1v) is 5.48. The Morgan fingerprint density at radius 2 is 2.00 bits per heavy atom. The van der Waals surface area contributed by atoms with E-state index < -0.39 is 5.60 Å². The summed E-state index contributed by atoms with van der Waals surface area (Å²) in [6.07, 6.45) is 3.77. The number of oxime groups is 1. The molecular formula is C11H18N2O3. The largest absolute Gasteiger partial charge is 0.444 e. The van der Waals surface area contributed by atoms with Gasteiger partial charge in [0.1, 0.15) is 5.60 Å². The second-order valence-corrected chi connectivity index (χ2v) is 6.04. The van der Waals surface area contributed by atoms with Crippen LogP contribution in [0.1, 0.15) is 40.0 Å². The average molecular weight is 226 g/mol. The summed E-state index contributed by atoms with van der Waals surface area (Å²) in [5.74, 6) is 0. The molecule has 1 amide bonds. The van der Waals surface area contributed by atoms with Crippen LogP contribution in [0.4, 0.5) is 4.79 Å². The first-order chi connectivity index (χ1) is 7.28. The quantitative estimate of drug-likeness (QED) is 0.429. The van der Waals surface area contributed by atoms with E-state index in [4.69, 9.17) is 9.94 Å². The molecule has 3 fully saturated rings. The van der Waals surface area contributed by atoms with Crippen LogP contribution in [0.2, 0.25) is 0 Å². The van der Waals surface area contributed by atoms with Crippen molar-refractivity contribution in [1.29, 1.82) is 0 Å². The van der Waals surface area contributed by atoms with Crippen LogP contribution < -0.4 is 5.32 Å². The van der Waals surface area contributed by atoms with Crippen molar-refractivity contribution in [2.45, 2.75) is 51.2 Å². The maximum Gasteiger partial charge on any atom is 0.408 e. The van der Waals surface area contributed by atoms with Gasteiger partial charge in [-0.25, -0.2) is 4.79 Å². The van der Waals surface area contributed by atoms with Gasteiger partial charge in [0.25, 0.3) is 0 Å². The minimum atomic E-state index is -0.460. The highest BCUT2D eigenvalue weighted by atomic mass is 16.6. The number of amides is 1. The maximum atomic E-state index is 11.5. The number of carbonyl (C=O) groups is 1. The lowest BCUT2D eigenvalue weighted by atomic mass is 9.40. The molecule has 0 aromatic rings. The number of hydrogen-bond donors (Lipinski definition) is 2. The normalized spacial score (nSPS) is 36.4. The molecule has 0 aromatic heterocycles. The molecule has 16 heavy (non-hydrogen) atoms. The lowest BCUT2D eigenvalue weighted by Gasteiger charge is -2.68. The van der Waals surface area contributed by atoms with Gasteiger partial charge in [-0.2, -0.15) is 0 Å². The van der Waals surface area contributed by atoms with Crippen molar-refractivity contribution >= 4 is 12.3 Å². The molecule has 0 aliphatic heterocycles. The third-order valence-corrected chi connectivity index (χ3v) is 3.17. The number of rotatable bonds is 2. The summed E-state index contributed by atoms with van der Waals surface area (Å²) in [6.45, 7) is 5.53. The van der Waals surface area contributed by atoms with E-state index in [1.807, 2.05) is 20.8 Å². The van der Waals surface area contributed by atoms with E-state index in [-0.39, 0.29) is 17.0 Å². The third-order valence-electron chi connectivity index (χ3n) is 3.17. The van der Waals surface area contributed by atoms with Gasteiger partial charge < -0.3 is 15.3 Å². The molecule has 0 radical (unpaired) electrons. The minimum Gasteiger partial charge on any atom is -0.444 e. The van der Waals surface area contributed by atoms with Crippen molar-refractivity contribution in [3.8, 4) is 0 Å². The monoisotopic (exact) mass is 226 g/mol. The molecule has 0 aromatic carbocycles. The molecule has 0 atom stereocenters. The first kappa shape index (κ1) is 11.2. The van der Waals surface area contributed by atoms with Gasteiger partial charge in [0.2, 0.25) is 0 Å². The topological polar surface area (TPSA) is 70.9 Å². The first-order valence-electron chi connectivity index (χ1n) is 5.48. The summed E-state index contributed by atoms with van der Waals surface area (Å²) in [6, 6.07) is 0. The summed E-state index contributed by atoms with van der Waals surface area (Å²) in [7, 11) is 0. The van der Waals surface area contributed by atoms with E-state index in [1.165, 1.54) is 0 Å². The molecule has 5 nitrogen and oxygen atoms in total. The van der Waals surface area contributed by atoms with Crippen LogP contribution in [-0.2, 0) is 4.74 Å². The second kappa shape index (κ2) is 3.12. The number of hydrogen-bond acceptors (Lipinski definition) is 4. The summed E-state index contributed by atoms with van der Waals surface area (Å²) in [4.78, 5) is 11.5. The van der Waals surface area contributed by atoms with Crippen molar-refractivity contribution in [3.63, 3.8) is 0 Å². The molecule has 5 heteroatoms. The Balaban J connectivity index is 1.80. The van der Waals surface area contributed by atoms with Crippen molar-refractivity contribution in [2.75, 3.05) is 0 Å². The van der Waals surface area contributed by atoms with E-state index in [1.54, 1.807) is 6.21 Å². The van der Waals surface area contributed by atoms with Gasteiger partial charge in [0.05, 0.1) is 0 Å². The lowest BCUT2D eigenvalue weighted by Crippen LogP contribution is -2.75. The van der Waals surface area contributed by atoms with E-state index in [0.29, 0.717) is 0 Å². The second-order valence-electron chi connectivity index (χ2n) is 6.04. The zero-order valence-corrected chi connectivity index (χ0v) is 9.91. The Morgan fingerprint density at radius 1 is 1.44 bits per heavy atom. The molecule has 3 aliphatic rings. The number of alkyl carbamates (subject to hydrolysis) is 1. The fourth-order valence-corrected chi connectivity index (χ4v) is 2.78. The molecule has 0 saturated heterocycles. The summed E-state index contributed by atoms with van der Waals surface area (Å²) >= 11 is 0. The Hall–Kier alpha value is -1.26. The molecule has 0 unspecified atom stereocenters. The number of nitrogens with one attached hydrogen (secondary N) is 1. The van der Waals surface area contributed by atoms with Crippen LogP contribution in [0.3, 0.4) is 0 Å². The maximum absolute atomic E-state index is 11.5. The molecule has 0 heterocycles. The molecular weight excluding hydrogens is 208 g/mol. The van der Waals surface area contributed by atoms with Gasteiger partial charge in [0.15, 0.2) is 0 Å². The Labute approximate surface area is 94.8 Å². The molecule has 0 spiro atoms. The molecule has 3 saturated carbocycles. The highest BCUT2D eigenvalue weighted by Crippen LogP contribution is 2.66. The van der Waals surface area contributed by atoms with Crippen LogP contribution in [0.15, 0.2) is 5.16 Å². The Bertz CT molecular complexity index is 324. The van der Waals surface area contributed by atoms with Crippen molar-refractivity contribution in [3.05, 3.63) is 0 Å². The summed E-state index contributed by atoms with van der Waals surface area (Å²) in [5, 5.41) is 14.4. The molecule has 2 N–H and O–H groups in total. The zero-order valence-electron chi connectivity index (χ0n) is 9.91. The van der Waals surface area contributed by atoms with Crippen LogP contribution in [-0.4, -0.2) is 28.7 Å². The predicted octanol–water partition coefficient (Wildman–Crippen LogP) is 1.89. The number of carbonyl (C=O) groups excluding carboxylic acids is 1. The summed E-state index contributed by atoms with van der Waals surface area (Å²) < 4.78 is 5.19. The van der Waals surface area contributed by atoms with Crippen LogP contribution in [0.5, 0.6) is 0 Å². The lowest BCUT2D eigenvalue weighted by molar-refractivity contribution is -0.0969. The fourth-order valence-electron chi connectivity index (χ4n) is 2.78. The molecule has 3 rings (SSSR count). The summed E-state index contributed by atoms with van der Waals surface area (Å²) in [5.41, 5.74) is -0.537. The van der Waals surface area contributed by atoms with Crippen LogP contribution in [0.25, 0.3) is 0 Å². The Morgan fingerprint density at radius 3 is 2.44 bits per heavy atom. The number of ether oxygens (including phenoxy) is 1. The van der Waals surface area contributed by atoms with Crippen molar-refractivity contribution in [1.82, 2.24) is 5.32 Å². The average Bonchev–Trinajstić information content (AvgIpc) is 1.94.